The fourth-order valence-corrected chi connectivity index (χ4v) is 2.53. The van der Waals surface area contributed by atoms with E-state index in [1.165, 1.54) is 12.0 Å². The molecule has 1 rings (SSSR count). The van der Waals surface area contributed by atoms with Crippen molar-refractivity contribution in [2.75, 3.05) is 20.2 Å². The molecule has 1 aliphatic rings. The van der Waals surface area contributed by atoms with Crippen LogP contribution in [-0.4, -0.2) is 55.0 Å². The maximum atomic E-state index is 12.0. The predicted molar refractivity (Wildman–Crippen MR) is 72.6 cm³/mol. The molecule has 2 atom stereocenters. The van der Waals surface area contributed by atoms with Gasteiger partial charge in [-0.15, -0.1) is 0 Å². The number of carbonyl (C=O) groups excluding carboxylic acids is 3. The number of nitrogens with one attached hydrogen (secondary N) is 1. The van der Waals surface area contributed by atoms with Crippen LogP contribution in [0.25, 0.3) is 0 Å². The third kappa shape index (κ3) is 3.69. The number of esters is 1. The molecule has 7 nitrogen and oxygen atoms in total. The van der Waals surface area contributed by atoms with Crippen molar-refractivity contribution in [2.45, 2.75) is 38.8 Å². The molecule has 0 radical (unpaired) electrons. The molecule has 0 aromatic rings. The first-order valence-electron chi connectivity index (χ1n) is 6.79. The van der Waals surface area contributed by atoms with Crippen molar-refractivity contribution in [3.8, 4) is 0 Å². The molecular formula is C13H23N3O4. The van der Waals surface area contributed by atoms with Crippen molar-refractivity contribution in [3.63, 3.8) is 0 Å². The van der Waals surface area contributed by atoms with Gasteiger partial charge in [0.05, 0.1) is 13.7 Å². The zero-order valence-corrected chi connectivity index (χ0v) is 12.2. The largest absolute Gasteiger partial charge is 0.467 e. The summed E-state index contributed by atoms with van der Waals surface area (Å²) in [7, 11) is 1.27. The highest BCUT2D eigenvalue weighted by Gasteiger charge is 2.37. The van der Waals surface area contributed by atoms with Crippen molar-refractivity contribution in [2.24, 2.45) is 11.7 Å². The monoisotopic (exact) mass is 285 g/mol. The third-order valence-electron chi connectivity index (χ3n) is 3.50. The van der Waals surface area contributed by atoms with Crippen LogP contribution in [0, 0.1) is 5.92 Å². The Balaban J connectivity index is 2.94. The van der Waals surface area contributed by atoms with E-state index in [9.17, 15) is 14.4 Å². The molecule has 1 aliphatic heterocycles. The van der Waals surface area contributed by atoms with Crippen LogP contribution in [0.4, 0.5) is 0 Å². The van der Waals surface area contributed by atoms with Crippen LogP contribution in [0.3, 0.4) is 0 Å². The number of carbonyl (C=O) groups is 3. The van der Waals surface area contributed by atoms with E-state index < -0.39 is 12.0 Å². The Morgan fingerprint density at radius 3 is 2.55 bits per heavy atom. The number of amides is 2. The van der Waals surface area contributed by atoms with Crippen molar-refractivity contribution in [1.29, 1.82) is 0 Å². The van der Waals surface area contributed by atoms with Crippen LogP contribution in [-0.2, 0) is 19.1 Å². The molecular weight excluding hydrogens is 262 g/mol. The lowest BCUT2D eigenvalue weighted by Crippen LogP contribution is -2.52. The quantitative estimate of drug-likeness (QED) is 0.625. The number of rotatable bonds is 6. The van der Waals surface area contributed by atoms with Crippen LogP contribution in [0.15, 0.2) is 0 Å². The van der Waals surface area contributed by atoms with Gasteiger partial charge in [0, 0.05) is 18.5 Å². The Bertz CT molecular complexity index is 384. The van der Waals surface area contributed by atoms with Gasteiger partial charge < -0.3 is 20.7 Å². The summed E-state index contributed by atoms with van der Waals surface area (Å²) in [5.74, 6) is -1.19. The molecule has 0 aromatic heterocycles. The molecule has 7 heteroatoms. The Morgan fingerprint density at radius 1 is 1.50 bits per heavy atom. The van der Waals surface area contributed by atoms with Gasteiger partial charge in [-0.1, -0.05) is 0 Å². The number of nitrogens with zero attached hydrogens (tertiary/aromatic N) is 1. The smallest absolute Gasteiger partial charge is 0.328 e. The van der Waals surface area contributed by atoms with Crippen LogP contribution in [0.1, 0.15) is 26.7 Å². The second-order valence-electron chi connectivity index (χ2n) is 5.15. The summed E-state index contributed by atoms with van der Waals surface area (Å²) in [6, 6.07) is -0.968. The van der Waals surface area contributed by atoms with Gasteiger partial charge in [-0.05, 0) is 26.7 Å². The number of nitrogens with two attached hydrogens (primary N) is 1. The Morgan fingerprint density at radius 2 is 2.15 bits per heavy atom. The van der Waals surface area contributed by atoms with Crippen molar-refractivity contribution in [3.05, 3.63) is 0 Å². The predicted octanol–water partition coefficient (Wildman–Crippen LogP) is -0.750. The van der Waals surface area contributed by atoms with E-state index in [2.05, 4.69) is 5.32 Å². The fraction of sp³-hybridized carbons (Fsp3) is 0.769. The van der Waals surface area contributed by atoms with Gasteiger partial charge in [0.15, 0.2) is 0 Å². The van der Waals surface area contributed by atoms with Crippen LogP contribution in [0.5, 0.6) is 0 Å². The lowest BCUT2D eigenvalue weighted by atomic mass is 9.96. The van der Waals surface area contributed by atoms with Gasteiger partial charge >= 0.3 is 5.97 Å². The van der Waals surface area contributed by atoms with Crippen LogP contribution in [0.2, 0.25) is 0 Å². The maximum Gasteiger partial charge on any atom is 0.328 e. The molecule has 20 heavy (non-hydrogen) atoms. The SMILES string of the molecule is COC(=O)C(C[C@@H]1CCNC1=O)N(C(=O)CN)C(C)C. The van der Waals surface area contributed by atoms with E-state index in [4.69, 9.17) is 10.5 Å². The van der Waals surface area contributed by atoms with Crippen molar-refractivity contribution < 1.29 is 19.1 Å². The highest BCUT2D eigenvalue weighted by molar-refractivity contribution is 5.87. The normalized spacial score (nSPS) is 19.6. The molecule has 0 bridgehead atoms. The summed E-state index contributed by atoms with van der Waals surface area (Å²) < 4.78 is 4.78. The van der Waals surface area contributed by atoms with Gasteiger partial charge in [-0.3, -0.25) is 9.59 Å². The van der Waals surface area contributed by atoms with Crippen molar-refractivity contribution >= 4 is 17.8 Å². The minimum Gasteiger partial charge on any atom is -0.467 e. The molecule has 1 saturated heterocycles. The summed E-state index contributed by atoms with van der Waals surface area (Å²) in [6.07, 6.45) is 0.928. The number of ether oxygens (including phenoxy) is 1. The second-order valence-corrected chi connectivity index (χ2v) is 5.15. The molecule has 2 amide bonds. The number of hydrogen-bond acceptors (Lipinski definition) is 5. The van der Waals surface area contributed by atoms with E-state index in [0.717, 1.165) is 0 Å². The van der Waals surface area contributed by atoms with Crippen molar-refractivity contribution in [1.82, 2.24) is 10.2 Å². The molecule has 0 spiro atoms. The lowest BCUT2D eigenvalue weighted by Gasteiger charge is -2.34. The average Bonchev–Trinajstić information content (AvgIpc) is 2.81. The van der Waals surface area contributed by atoms with Crippen LogP contribution >= 0.6 is 0 Å². The average molecular weight is 285 g/mol. The fourth-order valence-electron chi connectivity index (χ4n) is 2.53. The summed E-state index contributed by atoms with van der Waals surface area (Å²) in [5, 5.41) is 2.72. The minimum atomic E-state index is -0.773. The topological polar surface area (TPSA) is 102 Å². The molecule has 3 N–H and O–H groups in total. The molecule has 0 saturated carbocycles. The Labute approximate surface area is 118 Å². The summed E-state index contributed by atoms with van der Waals surface area (Å²) >= 11 is 0. The lowest BCUT2D eigenvalue weighted by molar-refractivity contribution is -0.155. The highest BCUT2D eigenvalue weighted by Crippen LogP contribution is 2.21. The first-order chi connectivity index (χ1) is 9.42. The summed E-state index contributed by atoms with van der Waals surface area (Å²) in [5.41, 5.74) is 5.40. The Hall–Kier alpha value is -1.63. The maximum absolute atomic E-state index is 12.0. The van der Waals surface area contributed by atoms with Gasteiger partial charge in [0.25, 0.3) is 0 Å². The van der Waals surface area contributed by atoms with E-state index >= 15 is 0 Å². The molecule has 1 heterocycles. The number of methoxy groups -OCH3 is 1. The Kier molecular flexibility index (Phi) is 5.94. The van der Waals surface area contributed by atoms with Gasteiger partial charge in [0.1, 0.15) is 6.04 Å². The van der Waals surface area contributed by atoms with Gasteiger partial charge in [-0.25, -0.2) is 4.79 Å². The minimum absolute atomic E-state index is 0.0807. The van der Waals surface area contributed by atoms with Crippen LogP contribution < -0.4 is 11.1 Å². The molecule has 1 unspecified atom stereocenters. The molecule has 0 aromatic carbocycles. The molecule has 114 valence electrons. The van der Waals surface area contributed by atoms with Gasteiger partial charge in [-0.2, -0.15) is 0 Å². The highest BCUT2D eigenvalue weighted by atomic mass is 16.5. The first kappa shape index (κ1) is 16.4. The van der Waals surface area contributed by atoms with E-state index in [1.807, 2.05) is 0 Å². The van der Waals surface area contributed by atoms with Gasteiger partial charge in [0.2, 0.25) is 11.8 Å². The molecule has 0 aliphatic carbocycles. The first-order valence-corrected chi connectivity index (χ1v) is 6.79. The van der Waals surface area contributed by atoms with E-state index in [-0.39, 0.29) is 36.7 Å². The van der Waals surface area contributed by atoms with E-state index in [1.54, 1.807) is 13.8 Å². The molecule has 1 fully saturated rings. The zero-order chi connectivity index (χ0) is 15.3. The third-order valence-corrected chi connectivity index (χ3v) is 3.50. The zero-order valence-electron chi connectivity index (χ0n) is 12.2. The number of hydrogen-bond donors (Lipinski definition) is 2. The summed E-state index contributed by atoms with van der Waals surface area (Å²) in [6.45, 7) is 4.03. The second kappa shape index (κ2) is 7.23. The summed E-state index contributed by atoms with van der Waals surface area (Å²) in [4.78, 5) is 37.0. The van der Waals surface area contributed by atoms with E-state index in [0.29, 0.717) is 13.0 Å². The standard InChI is InChI=1S/C13H23N3O4/c1-8(2)16(11(17)7-14)10(13(19)20-3)6-9-4-5-15-12(9)18/h8-10H,4-7,14H2,1-3H3,(H,15,18)/t9-,10?/m0/s1.